The van der Waals surface area contributed by atoms with E-state index in [0.717, 1.165) is 50.1 Å². The molecule has 0 bridgehead atoms. The molecule has 0 atom stereocenters. The van der Waals surface area contributed by atoms with Crippen molar-refractivity contribution in [1.29, 1.82) is 0 Å². The topological polar surface area (TPSA) is 50.7 Å². The van der Waals surface area contributed by atoms with Crippen LogP contribution in [-0.4, -0.2) is 15.0 Å². The van der Waals surface area contributed by atoms with Crippen LogP contribution < -0.4 is 5.32 Å². The Labute approximate surface area is 179 Å². The minimum Gasteiger partial charge on any atom is -0.339 e. The van der Waals surface area contributed by atoms with Gasteiger partial charge in [0.15, 0.2) is 5.82 Å². The second-order valence-corrected chi connectivity index (χ2v) is 8.34. The molecule has 0 aliphatic heterocycles. The maximum absolute atomic E-state index is 4.89. The number of nitrogens with zero attached hydrogens (tertiary/aromatic N) is 3. The van der Waals surface area contributed by atoms with Crippen LogP contribution in [0.5, 0.6) is 0 Å². The zero-order valence-electron chi connectivity index (χ0n) is 16.8. The molecule has 0 aliphatic carbocycles. The normalized spacial score (nSPS) is 11.0. The zero-order valence-corrected chi connectivity index (χ0v) is 17.6. The minimum atomic E-state index is 0.776. The molecule has 0 spiro atoms. The molecule has 0 unspecified atom stereocenters. The Balaban J connectivity index is 1.41. The molecule has 30 heavy (non-hydrogen) atoms. The first-order valence-electron chi connectivity index (χ1n) is 9.81. The summed E-state index contributed by atoms with van der Waals surface area (Å²) in [6.45, 7) is 4.10. The summed E-state index contributed by atoms with van der Waals surface area (Å²) in [5, 5.41) is 4.45. The molecular formula is C25H20N4S. The van der Waals surface area contributed by atoms with E-state index >= 15 is 0 Å². The number of aryl methyl sites for hydroxylation is 2. The molecule has 4 nitrogen and oxygen atoms in total. The van der Waals surface area contributed by atoms with Crippen molar-refractivity contribution in [2.45, 2.75) is 13.8 Å². The van der Waals surface area contributed by atoms with E-state index in [0.29, 0.717) is 0 Å². The van der Waals surface area contributed by atoms with Crippen LogP contribution in [0.1, 0.15) is 10.6 Å². The molecule has 2 aromatic heterocycles. The number of rotatable bonds is 4. The first-order valence-corrected chi connectivity index (χ1v) is 10.6. The third-order valence-corrected chi connectivity index (χ3v) is 6.00. The fraction of sp³-hybridized carbons (Fsp3) is 0.0800. The third-order valence-electron chi connectivity index (χ3n) is 4.98. The van der Waals surface area contributed by atoms with Crippen LogP contribution >= 0.6 is 11.3 Å². The standard InChI is InChI=1S/C25H20N4S/c1-16-24(28-22-11-7-6-10-21(22)26-16)27-20-14-12-18(13-15-20)23-17(2)30-25(29-23)19-8-4-3-5-9-19/h3-15H,1-2H3,(H,27,28). The third kappa shape index (κ3) is 3.55. The summed E-state index contributed by atoms with van der Waals surface area (Å²) in [4.78, 5) is 15.5. The van der Waals surface area contributed by atoms with E-state index in [1.165, 1.54) is 4.88 Å². The number of benzene rings is 3. The van der Waals surface area contributed by atoms with Gasteiger partial charge in [0.25, 0.3) is 0 Å². The molecule has 3 aromatic carbocycles. The quantitative estimate of drug-likeness (QED) is 0.356. The van der Waals surface area contributed by atoms with Crippen molar-refractivity contribution in [3.8, 4) is 21.8 Å². The lowest BCUT2D eigenvalue weighted by atomic mass is 10.1. The van der Waals surface area contributed by atoms with Gasteiger partial charge in [-0.15, -0.1) is 11.3 Å². The van der Waals surface area contributed by atoms with E-state index in [2.05, 4.69) is 53.6 Å². The lowest BCUT2D eigenvalue weighted by Crippen LogP contribution is -1.99. The molecule has 0 saturated carbocycles. The summed E-state index contributed by atoms with van der Waals surface area (Å²) >= 11 is 1.73. The van der Waals surface area contributed by atoms with E-state index in [1.54, 1.807) is 11.3 Å². The summed E-state index contributed by atoms with van der Waals surface area (Å²) in [5.41, 5.74) is 6.94. The Morgan fingerprint density at radius 1 is 0.667 bits per heavy atom. The van der Waals surface area contributed by atoms with E-state index in [1.807, 2.05) is 49.4 Å². The number of thiazole rings is 1. The number of hydrogen-bond acceptors (Lipinski definition) is 5. The van der Waals surface area contributed by atoms with Crippen molar-refractivity contribution < 1.29 is 0 Å². The Kier molecular flexibility index (Phi) is 4.73. The van der Waals surface area contributed by atoms with Crippen LogP contribution in [0, 0.1) is 13.8 Å². The van der Waals surface area contributed by atoms with Crippen molar-refractivity contribution >= 4 is 33.9 Å². The van der Waals surface area contributed by atoms with E-state index in [-0.39, 0.29) is 0 Å². The first kappa shape index (κ1) is 18.5. The highest BCUT2D eigenvalue weighted by Gasteiger charge is 2.12. The van der Waals surface area contributed by atoms with Crippen LogP contribution in [0.25, 0.3) is 32.9 Å². The smallest absolute Gasteiger partial charge is 0.152 e. The Morgan fingerprint density at radius 3 is 2.07 bits per heavy atom. The van der Waals surface area contributed by atoms with Gasteiger partial charge in [-0.2, -0.15) is 0 Å². The van der Waals surface area contributed by atoms with Crippen molar-refractivity contribution in [2.24, 2.45) is 0 Å². The van der Waals surface area contributed by atoms with Crippen LogP contribution in [-0.2, 0) is 0 Å². The van der Waals surface area contributed by atoms with Gasteiger partial charge in [-0.25, -0.2) is 15.0 Å². The maximum atomic E-state index is 4.89. The van der Waals surface area contributed by atoms with Gasteiger partial charge < -0.3 is 5.32 Å². The van der Waals surface area contributed by atoms with Crippen molar-refractivity contribution in [3.05, 3.63) is 89.4 Å². The highest BCUT2D eigenvalue weighted by atomic mass is 32.1. The van der Waals surface area contributed by atoms with Crippen LogP contribution in [0.15, 0.2) is 78.9 Å². The van der Waals surface area contributed by atoms with Gasteiger partial charge in [0.2, 0.25) is 0 Å². The monoisotopic (exact) mass is 408 g/mol. The van der Waals surface area contributed by atoms with Gasteiger partial charge in [0, 0.05) is 21.7 Å². The summed E-state index contributed by atoms with van der Waals surface area (Å²) in [6.07, 6.45) is 0. The molecule has 0 aliphatic rings. The molecular weight excluding hydrogens is 388 g/mol. The molecule has 2 heterocycles. The highest BCUT2D eigenvalue weighted by molar-refractivity contribution is 7.15. The van der Waals surface area contributed by atoms with Gasteiger partial charge >= 0.3 is 0 Å². The van der Waals surface area contributed by atoms with Gasteiger partial charge in [0.05, 0.1) is 22.4 Å². The predicted molar refractivity (Wildman–Crippen MR) is 125 cm³/mol. The number of nitrogens with one attached hydrogen (secondary N) is 1. The van der Waals surface area contributed by atoms with Gasteiger partial charge in [0.1, 0.15) is 5.01 Å². The summed E-state index contributed by atoms with van der Waals surface area (Å²) in [6, 6.07) is 26.6. The van der Waals surface area contributed by atoms with Gasteiger partial charge in [-0.05, 0) is 38.1 Å². The fourth-order valence-corrected chi connectivity index (χ4v) is 4.36. The Morgan fingerprint density at radius 2 is 1.33 bits per heavy atom. The van der Waals surface area contributed by atoms with Crippen LogP contribution in [0.4, 0.5) is 11.5 Å². The molecule has 0 radical (unpaired) electrons. The number of anilines is 2. The van der Waals surface area contributed by atoms with E-state index in [4.69, 9.17) is 9.97 Å². The second kappa shape index (κ2) is 7.69. The summed E-state index contributed by atoms with van der Waals surface area (Å²) in [7, 11) is 0. The number of para-hydroxylation sites is 2. The molecule has 0 saturated heterocycles. The SMILES string of the molecule is Cc1nc2ccccc2nc1Nc1ccc(-c2nc(-c3ccccc3)sc2C)cc1. The number of fused-ring (bicyclic) bond motifs is 1. The molecule has 0 fully saturated rings. The van der Waals surface area contributed by atoms with Crippen LogP contribution in [0.3, 0.4) is 0 Å². The largest absolute Gasteiger partial charge is 0.339 e. The van der Waals surface area contributed by atoms with Crippen LogP contribution in [0.2, 0.25) is 0 Å². The lowest BCUT2D eigenvalue weighted by molar-refractivity contribution is 1.18. The predicted octanol–water partition coefficient (Wildman–Crippen LogP) is 6.78. The van der Waals surface area contributed by atoms with Gasteiger partial charge in [-0.1, -0.05) is 54.6 Å². The maximum Gasteiger partial charge on any atom is 0.152 e. The number of aromatic nitrogens is 3. The molecule has 1 N–H and O–H groups in total. The molecule has 5 aromatic rings. The molecule has 0 amide bonds. The summed E-state index contributed by atoms with van der Waals surface area (Å²) < 4.78 is 0. The average molecular weight is 409 g/mol. The Bertz CT molecular complexity index is 1320. The molecule has 5 heteroatoms. The number of hydrogen-bond donors (Lipinski definition) is 1. The van der Waals surface area contributed by atoms with Crippen molar-refractivity contribution in [3.63, 3.8) is 0 Å². The van der Waals surface area contributed by atoms with Crippen molar-refractivity contribution in [2.75, 3.05) is 5.32 Å². The highest BCUT2D eigenvalue weighted by Crippen LogP contribution is 2.34. The first-order chi connectivity index (χ1) is 14.7. The minimum absolute atomic E-state index is 0.776. The lowest BCUT2D eigenvalue weighted by Gasteiger charge is -2.10. The average Bonchev–Trinajstić information content (AvgIpc) is 3.17. The fourth-order valence-electron chi connectivity index (χ4n) is 3.42. The van der Waals surface area contributed by atoms with E-state index in [9.17, 15) is 0 Å². The van der Waals surface area contributed by atoms with E-state index < -0.39 is 0 Å². The van der Waals surface area contributed by atoms with Crippen molar-refractivity contribution in [1.82, 2.24) is 15.0 Å². The Hall–Kier alpha value is -3.57. The molecule has 146 valence electrons. The zero-order chi connectivity index (χ0) is 20.5. The second-order valence-electron chi connectivity index (χ2n) is 7.14. The molecule has 5 rings (SSSR count). The van der Waals surface area contributed by atoms with Gasteiger partial charge in [-0.3, -0.25) is 0 Å². The summed E-state index contributed by atoms with van der Waals surface area (Å²) in [5.74, 6) is 0.776.